The quantitative estimate of drug-likeness (QED) is 0.798. The molecular weight excluding hydrogens is 238 g/mol. The summed E-state index contributed by atoms with van der Waals surface area (Å²) < 4.78 is 10.6. The third-order valence-electron chi connectivity index (χ3n) is 3.61. The molecule has 1 aromatic carbocycles. The molecule has 1 aromatic rings. The summed E-state index contributed by atoms with van der Waals surface area (Å²) in [5, 5.41) is 3.53. The minimum absolute atomic E-state index is 0.765. The van der Waals surface area contributed by atoms with Gasteiger partial charge in [-0.2, -0.15) is 0 Å². The van der Waals surface area contributed by atoms with Crippen molar-refractivity contribution in [1.29, 1.82) is 0 Å². The van der Waals surface area contributed by atoms with Crippen LogP contribution < -0.4 is 14.8 Å². The molecule has 0 radical (unpaired) electrons. The van der Waals surface area contributed by atoms with Crippen molar-refractivity contribution in [3.63, 3.8) is 0 Å². The second kappa shape index (κ2) is 7.19. The molecule has 1 unspecified atom stereocenters. The number of rotatable bonds is 6. The van der Waals surface area contributed by atoms with Crippen LogP contribution in [-0.2, 0) is 6.54 Å². The Balaban J connectivity index is 1.88. The number of benzene rings is 1. The fourth-order valence-corrected chi connectivity index (χ4v) is 2.47. The van der Waals surface area contributed by atoms with E-state index in [4.69, 9.17) is 9.47 Å². The first kappa shape index (κ1) is 13.9. The Labute approximate surface area is 115 Å². The molecule has 1 atom stereocenters. The van der Waals surface area contributed by atoms with Crippen LogP contribution in [0.3, 0.4) is 0 Å². The number of methoxy groups -OCH3 is 2. The fraction of sp³-hybridized carbons (Fsp3) is 0.500. The normalized spacial score (nSPS) is 18.3. The Morgan fingerprint density at radius 2 is 2.11 bits per heavy atom. The van der Waals surface area contributed by atoms with Gasteiger partial charge in [0, 0.05) is 12.1 Å². The van der Waals surface area contributed by atoms with Crippen molar-refractivity contribution in [2.75, 3.05) is 20.8 Å². The minimum Gasteiger partial charge on any atom is -0.497 e. The van der Waals surface area contributed by atoms with Gasteiger partial charge in [0.15, 0.2) is 0 Å². The standard InChI is InChI=1S/C16H23NO2/c1-18-15-8-9-16(19-2)14(10-15)12-17-11-13-6-4-3-5-7-13/h3-4,8-10,13,17H,5-7,11-12H2,1-2H3. The first-order valence-electron chi connectivity index (χ1n) is 6.90. The van der Waals surface area contributed by atoms with E-state index in [0.29, 0.717) is 0 Å². The van der Waals surface area contributed by atoms with Crippen molar-refractivity contribution in [1.82, 2.24) is 5.32 Å². The summed E-state index contributed by atoms with van der Waals surface area (Å²) in [7, 11) is 3.39. The van der Waals surface area contributed by atoms with E-state index in [9.17, 15) is 0 Å². The predicted molar refractivity (Wildman–Crippen MR) is 77.7 cm³/mol. The Morgan fingerprint density at radius 1 is 1.21 bits per heavy atom. The van der Waals surface area contributed by atoms with E-state index in [1.54, 1.807) is 14.2 Å². The van der Waals surface area contributed by atoms with Gasteiger partial charge in [-0.25, -0.2) is 0 Å². The van der Waals surface area contributed by atoms with Crippen molar-refractivity contribution in [2.24, 2.45) is 5.92 Å². The first-order valence-corrected chi connectivity index (χ1v) is 6.90. The highest BCUT2D eigenvalue weighted by Gasteiger charge is 2.10. The van der Waals surface area contributed by atoms with Crippen molar-refractivity contribution in [3.05, 3.63) is 35.9 Å². The lowest BCUT2D eigenvalue weighted by molar-refractivity contribution is 0.393. The molecule has 2 rings (SSSR count). The number of ether oxygens (including phenoxy) is 2. The predicted octanol–water partition coefficient (Wildman–Crippen LogP) is 3.15. The average molecular weight is 261 g/mol. The maximum atomic E-state index is 5.38. The molecule has 3 heteroatoms. The van der Waals surface area contributed by atoms with Gasteiger partial charge in [-0.1, -0.05) is 12.2 Å². The van der Waals surface area contributed by atoms with Crippen molar-refractivity contribution >= 4 is 0 Å². The monoisotopic (exact) mass is 261 g/mol. The summed E-state index contributed by atoms with van der Waals surface area (Å²) in [6.45, 7) is 1.88. The highest BCUT2D eigenvalue weighted by atomic mass is 16.5. The van der Waals surface area contributed by atoms with E-state index >= 15 is 0 Å². The van der Waals surface area contributed by atoms with Crippen molar-refractivity contribution < 1.29 is 9.47 Å². The molecular formula is C16H23NO2. The van der Waals surface area contributed by atoms with Gasteiger partial charge in [0.1, 0.15) is 11.5 Å². The van der Waals surface area contributed by atoms with Gasteiger partial charge in [0.05, 0.1) is 14.2 Å². The Bertz CT molecular complexity index is 429. The van der Waals surface area contributed by atoms with Crippen LogP contribution in [-0.4, -0.2) is 20.8 Å². The lowest BCUT2D eigenvalue weighted by Crippen LogP contribution is -2.23. The molecule has 104 valence electrons. The fourth-order valence-electron chi connectivity index (χ4n) is 2.47. The summed E-state index contributed by atoms with van der Waals surface area (Å²) in [5.41, 5.74) is 1.15. The van der Waals surface area contributed by atoms with Crippen LogP contribution in [0.25, 0.3) is 0 Å². The van der Waals surface area contributed by atoms with Gasteiger partial charge in [-0.15, -0.1) is 0 Å². The number of hydrogen-bond donors (Lipinski definition) is 1. The molecule has 1 aliphatic carbocycles. The molecule has 1 N–H and O–H groups in total. The van der Waals surface area contributed by atoms with Gasteiger partial charge in [0.25, 0.3) is 0 Å². The van der Waals surface area contributed by atoms with Crippen LogP contribution in [0.5, 0.6) is 11.5 Å². The average Bonchev–Trinajstić information content (AvgIpc) is 2.48. The lowest BCUT2D eigenvalue weighted by atomic mass is 9.94. The third kappa shape index (κ3) is 4.00. The van der Waals surface area contributed by atoms with Gasteiger partial charge < -0.3 is 14.8 Å². The van der Waals surface area contributed by atoms with Gasteiger partial charge >= 0.3 is 0 Å². The summed E-state index contributed by atoms with van der Waals surface area (Å²) in [6.07, 6.45) is 8.28. The zero-order valence-corrected chi connectivity index (χ0v) is 11.8. The molecule has 1 aliphatic rings. The van der Waals surface area contributed by atoms with E-state index in [-0.39, 0.29) is 0 Å². The van der Waals surface area contributed by atoms with Crippen LogP contribution in [0, 0.1) is 5.92 Å². The maximum Gasteiger partial charge on any atom is 0.123 e. The molecule has 19 heavy (non-hydrogen) atoms. The Kier molecular flexibility index (Phi) is 5.28. The lowest BCUT2D eigenvalue weighted by Gasteiger charge is -2.18. The van der Waals surface area contributed by atoms with E-state index in [2.05, 4.69) is 17.5 Å². The number of allylic oxidation sites excluding steroid dienone is 2. The van der Waals surface area contributed by atoms with Gasteiger partial charge in [0.2, 0.25) is 0 Å². The summed E-state index contributed by atoms with van der Waals surface area (Å²) in [5.74, 6) is 2.55. The molecule has 0 amide bonds. The molecule has 0 heterocycles. The zero-order valence-electron chi connectivity index (χ0n) is 11.8. The summed E-state index contributed by atoms with van der Waals surface area (Å²) in [6, 6.07) is 5.92. The molecule has 0 fully saturated rings. The van der Waals surface area contributed by atoms with Crippen LogP contribution >= 0.6 is 0 Å². The third-order valence-corrected chi connectivity index (χ3v) is 3.61. The molecule has 0 aliphatic heterocycles. The SMILES string of the molecule is COc1ccc(OC)c(CNCC2CC=CCC2)c1. The first-order chi connectivity index (χ1) is 9.33. The molecule has 0 spiro atoms. The Hall–Kier alpha value is -1.48. The molecule has 0 aromatic heterocycles. The van der Waals surface area contributed by atoms with E-state index in [0.717, 1.165) is 36.1 Å². The van der Waals surface area contributed by atoms with E-state index in [1.165, 1.54) is 19.3 Å². The van der Waals surface area contributed by atoms with E-state index < -0.39 is 0 Å². The van der Waals surface area contributed by atoms with Crippen molar-refractivity contribution in [3.8, 4) is 11.5 Å². The highest BCUT2D eigenvalue weighted by molar-refractivity contribution is 5.40. The largest absolute Gasteiger partial charge is 0.497 e. The Morgan fingerprint density at radius 3 is 2.79 bits per heavy atom. The minimum atomic E-state index is 0.765. The second-order valence-corrected chi connectivity index (χ2v) is 4.96. The van der Waals surface area contributed by atoms with Gasteiger partial charge in [-0.05, 0) is 49.9 Å². The summed E-state index contributed by atoms with van der Waals surface area (Å²) in [4.78, 5) is 0. The number of nitrogens with one attached hydrogen (secondary N) is 1. The number of hydrogen-bond acceptors (Lipinski definition) is 3. The topological polar surface area (TPSA) is 30.5 Å². The zero-order chi connectivity index (χ0) is 13.5. The van der Waals surface area contributed by atoms with E-state index in [1.807, 2.05) is 18.2 Å². The maximum absolute atomic E-state index is 5.38. The smallest absolute Gasteiger partial charge is 0.123 e. The van der Waals surface area contributed by atoms with Crippen LogP contribution in [0.1, 0.15) is 24.8 Å². The highest BCUT2D eigenvalue weighted by Crippen LogP contribution is 2.24. The van der Waals surface area contributed by atoms with Crippen LogP contribution in [0.2, 0.25) is 0 Å². The molecule has 3 nitrogen and oxygen atoms in total. The van der Waals surface area contributed by atoms with Gasteiger partial charge in [-0.3, -0.25) is 0 Å². The molecule has 0 bridgehead atoms. The van der Waals surface area contributed by atoms with Crippen LogP contribution in [0.4, 0.5) is 0 Å². The second-order valence-electron chi connectivity index (χ2n) is 4.96. The van der Waals surface area contributed by atoms with Crippen LogP contribution in [0.15, 0.2) is 30.4 Å². The van der Waals surface area contributed by atoms with Crippen molar-refractivity contribution in [2.45, 2.75) is 25.8 Å². The molecule has 0 saturated carbocycles. The molecule has 0 saturated heterocycles. The summed E-state index contributed by atoms with van der Waals surface area (Å²) >= 11 is 0.